The molecule has 1 N–H and O–H groups in total. The summed E-state index contributed by atoms with van der Waals surface area (Å²) in [6, 6.07) is 5.16. The standard InChI is InChI=1S/C20H20Cl2N4O3S/c21-13-1-2-15(16(22)9-13)17-10-23-19(29-17)4-3-18(27)25-20-24-14(12-30-20)11-26-5-7-28-8-6-26/h1-2,9-10,12H,3-8,11H2,(H,24,25,27). The van der Waals surface area contributed by atoms with Gasteiger partial charge in [0.05, 0.1) is 30.1 Å². The minimum absolute atomic E-state index is 0.133. The Bertz CT molecular complexity index is 1020. The van der Waals surface area contributed by atoms with E-state index in [0.717, 1.165) is 38.5 Å². The number of nitrogens with zero attached hydrogens (tertiary/aromatic N) is 3. The second kappa shape index (κ2) is 9.89. The fraction of sp³-hybridized carbons (Fsp3) is 0.350. The second-order valence-corrected chi connectivity index (χ2v) is 8.52. The predicted octanol–water partition coefficient (Wildman–Crippen LogP) is 4.51. The Morgan fingerprint density at radius 3 is 2.90 bits per heavy atom. The maximum atomic E-state index is 12.3. The third kappa shape index (κ3) is 5.59. The molecule has 1 aliphatic heterocycles. The highest BCUT2D eigenvalue weighted by molar-refractivity contribution is 7.13. The van der Waals surface area contributed by atoms with E-state index in [9.17, 15) is 4.79 Å². The monoisotopic (exact) mass is 466 g/mol. The van der Waals surface area contributed by atoms with E-state index in [1.54, 1.807) is 24.4 Å². The summed E-state index contributed by atoms with van der Waals surface area (Å²) in [5.41, 5.74) is 1.66. The summed E-state index contributed by atoms with van der Waals surface area (Å²) < 4.78 is 11.1. The third-order valence-corrected chi connectivity index (χ3v) is 5.96. The van der Waals surface area contributed by atoms with Crippen molar-refractivity contribution >= 4 is 45.6 Å². The molecule has 3 heterocycles. The van der Waals surface area contributed by atoms with Crippen LogP contribution in [0.15, 0.2) is 34.2 Å². The van der Waals surface area contributed by atoms with Crippen LogP contribution in [0.4, 0.5) is 5.13 Å². The highest BCUT2D eigenvalue weighted by Crippen LogP contribution is 2.31. The van der Waals surface area contributed by atoms with Gasteiger partial charge >= 0.3 is 0 Å². The van der Waals surface area contributed by atoms with Gasteiger partial charge in [-0.25, -0.2) is 9.97 Å². The Labute approximate surface area is 188 Å². The van der Waals surface area contributed by atoms with Crippen LogP contribution in [0, 0.1) is 0 Å². The van der Waals surface area contributed by atoms with Crippen molar-refractivity contribution in [3.8, 4) is 11.3 Å². The number of rotatable bonds is 7. The van der Waals surface area contributed by atoms with Gasteiger partial charge in [-0.2, -0.15) is 0 Å². The van der Waals surface area contributed by atoms with Crippen molar-refractivity contribution in [3.63, 3.8) is 0 Å². The van der Waals surface area contributed by atoms with Crippen LogP contribution in [0.1, 0.15) is 18.0 Å². The van der Waals surface area contributed by atoms with E-state index in [4.69, 9.17) is 32.4 Å². The number of morpholine rings is 1. The zero-order valence-corrected chi connectivity index (χ0v) is 18.4. The first-order chi connectivity index (χ1) is 14.6. The molecule has 1 aliphatic rings. The van der Waals surface area contributed by atoms with Gasteiger partial charge < -0.3 is 14.5 Å². The van der Waals surface area contributed by atoms with E-state index in [2.05, 4.69) is 20.2 Å². The van der Waals surface area contributed by atoms with Crippen LogP contribution in [-0.4, -0.2) is 47.1 Å². The summed E-state index contributed by atoms with van der Waals surface area (Å²) in [5, 5.41) is 6.46. The highest BCUT2D eigenvalue weighted by atomic mass is 35.5. The van der Waals surface area contributed by atoms with Crippen LogP contribution in [0.25, 0.3) is 11.3 Å². The van der Waals surface area contributed by atoms with Gasteiger partial charge in [0.25, 0.3) is 0 Å². The number of halogens is 2. The fourth-order valence-corrected chi connectivity index (χ4v) is 4.29. The summed E-state index contributed by atoms with van der Waals surface area (Å²) in [6.45, 7) is 4.07. The number of aromatic nitrogens is 2. The van der Waals surface area contributed by atoms with Crippen molar-refractivity contribution in [1.29, 1.82) is 0 Å². The van der Waals surface area contributed by atoms with Gasteiger partial charge in [0.2, 0.25) is 5.91 Å². The average molecular weight is 467 g/mol. The lowest BCUT2D eigenvalue weighted by Gasteiger charge is -2.25. The maximum Gasteiger partial charge on any atom is 0.226 e. The lowest BCUT2D eigenvalue weighted by atomic mass is 10.2. The molecule has 1 saturated heterocycles. The van der Waals surface area contributed by atoms with E-state index >= 15 is 0 Å². The Morgan fingerprint density at radius 2 is 2.10 bits per heavy atom. The minimum Gasteiger partial charge on any atom is -0.441 e. The number of hydrogen-bond donors (Lipinski definition) is 1. The predicted molar refractivity (Wildman–Crippen MR) is 117 cm³/mol. The van der Waals surface area contributed by atoms with Crippen LogP contribution in [0.5, 0.6) is 0 Å². The molecule has 0 spiro atoms. The summed E-state index contributed by atoms with van der Waals surface area (Å²) in [4.78, 5) is 23.3. The van der Waals surface area contributed by atoms with E-state index < -0.39 is 0 Å². The topological polar surface area (TPSA) is 80.5 Å². The number of aryl methyl sites for hydroxylation is 1. The quantitative estimate of drug-likeness (QED) is 0.551. The zero-order valence-electron chi connectivity index (χ0n) is 16.1. The molecule has 158 valence electrons. The molecule has 4 rings (SSSR count). The number of oxazole rings is 1. The van der Waals surface area contributed by atoms with Crippen LogP contribution in [-0.2, 0) is 22.5 Å². The number of benzene rings is 1. The first kappa shape index (κ1) is 21.3. The summed E-state index contributed by atoms with van der Waals surface area (Å²) in [7, 11) is 0. The Kier molecular flexibility index (Phi) is 7.01. The Balaban J connectivity index is 1.27. The number of nitrogens with one attached hydrogen (secondary N) is 1. The highest BCUT2D eigenvalue weighted by Gasteiger charge is 2.15. The van der Waals surface area contributed by atoms with Crippen molar-refractivity contribution in [2.45, 2.75) is 19.4 Å². The van der Waals surface area contributed by atoms with Gasteiger partial charge in [0.1, 0.15) is 0 Å². The molecule has 0 unspecified atom stereocenters. The summed E-state index contributed by atoms with van der Waals surface area (Å²) in [5.74, 6) is 0.879. The molecular formula is C20H20Cl2N4O3S. The lowest BCUT2D eigenvalue weighted by molar-refractivity contribution is -0.116. The molecule has 0 saturated carbocycles. The summed E-state index contributed by atoms with van der Waals surface area (Å²) >= 11 is 13.6. The minimum atomic E-state index is -0.133. The number of hydrogen-bond acceptors (Lipinski definition) is 7. The van der Waals surface area contributed by atoms with E-state index in [0.29, 0.717) is 38.8 Å². The van der Waals surface area contributed by atoms with Crippen molar-refractivity contribution in [2.24, 2.45) is 0 Å². The lowest BCUT2D eigenvalue weighted by Crippen LogP contribution is -2.35. The molecule has 1 aromatic carbocycles. The zero-order chi connectivity index (χ0) is 20.9. The van der Waals surface area contributed by atoms with Crippen molar-refractivity contribution in [2.75, 3.05) is 31.6 Å². The van der Waals surface area contributed by atoms with Crippen molar-refractivity contribution in [3.05, 3.63) is 51.4 Å². The Hall–Kier alpha value is -1.97. The van der Waals surface area contributed by atoms with Gasteiger partial charge in [-0.1, -0.05) is 23.2 Å². The number of thiazole rings is 1. The molecule has 0 aliphatic carbocycles. The molecule has 2 aromatic heterocycles. The van der Waals surface area contributed by atoms with Crippen LogP contribution >= 0.6 is 34.5 Å². The number of amides is 1. The smallest absolute Gasteiger partial charge is 0.226 e. The first-order valence-corrected chi connectivity index (χ1v) is 11.1. The van der Waals surface area contributed by atoms with Gasteiger partial charge in [0, 0.05) is 48.4 Å². The second-order valence-electron chi connectivity index (χ2n) is 6.82. The first-order valence-electron chi connectivity index (χ1n) is 9.51. The molecule has 10 heteroatoms. The van der Waals surface area contributed by atoms with Crippen molar-refractivity contribution in [1.82, 2.24) is 14.9 Å². The molecule has 1 fully saturated rings. The third-order valence-electron chi connectivity index (χ3n) is 4.60. The molecule has 3 aromatic rings. The molecule has 0 atom stereocenters. The SMILES string of the molecule is O=C(CCc1ncc(-c2ccc(Cl)cc2Cl)o1)Nc1nc(CN2CCOCC2)cs1. The van der Waals surface area contributed by atoms with E-state index in [-0.39, 0.29) is 12.3 Å². The largest absolute Gasteiger partial charge is 0.441 e. The molecule has 30 heavy (non-hydrogen) atoms. The molecular weight excluding hydrogens is 447 g/mol. The normalized spacial score (nSPS) is 14.7. The molecule has 7 nitrogen and oxygen atoms in total. The van der Waals surface area contributed by atoms with Gasteiger partial charge in [0.15, 0.2) is 16.8 Å². The fourth-order valence-electron chi connectivity index (χ4n) is 3.07. The number of ether oxygens (including phenoxy) is 1. The molecule has 1 amide bonds. The maximum absolute atomic E-state index is 12.3. The van der Waals surface area contributed by atoms with Crippen LogP contribution < -0.4 is 5.32 Å². The number of carbonyl (C=O) groups is 1. The van der Waals surface area contributed by atoms with Crippen molar-refractivity contribution < 1.29 is 13.9 Å². The number of carbonyl (C=O) groups excluding carboxylic acids is 1. The van der Waals surface area contributed by atoms with Gasteiger partial charge in [-0.05, 0) is 18.2 Å². The Morgan fingerprint density at radius 1 is 1.27 bits per heavy atom. The molecule has 0 radical (unpaired) electrons. The van der Waals surface area contributed by atoms with Crippen LogP contribution in [0.3, 0.4) is 0 Å². The van der Waals surface area contributed by atoms with E-state index in [1.165, 1.54) is 11.3 Å². The van der Waals surface area contributed by atoms with Gasteiger partial charge in [-0.3, -0.25) is 9.69 Å². The summed E-state index contributed by atoms with van der Waals surface area (Å²) in [6.07, 6.45) is 2.22. The van der Waals surface area contributed by atoms with E-state index in [1.807, 2.05) is 5.38 Å². The van der Waals surface area contributed by atoms with Gasteiger partial charge in [-0.15, -0.1) is 11.3 Å². The average Bonchev–Trinajstić information content (AvgIpc) is 3.37. The molecule has 0 bridgehead atoms. The van der Waals surface area contributed by atoms with Crippen LogP contribution in [0.2, 0.25) is 10.0 Å². The number of anilines is 1.